The molecule has 2 nitrogen and oxygen atoms in total. The zero-order valence-corrected chi connectivity index (χ0v) is 15.8. The van der Waals surface area contributed by atoms with Crippen LogP contribution in [0.5, 0.6) is 0 Å². The van der Waals surface area contributed by atoms with Crippen LogP contribution in [-0.2, 0) is 12.0 Å². The molecule has 0 bridgehead atoms. The lowest BCUT2D eigenvalue weighted by molar-refractivity contribution is 0.579. The second kappa shape index (κ2) is 6.26. The molecule has 0 fully saturated rings. The van der Waals surface area contributed by atoms with Gasteiger partial charge in [-0.1, -0.05) is 20.8 Å². The van der Waals surface area contributed by atoms with Crippen molar-refractivity contribution >= 4 is 38.6 Å². The van der Waals surface area contributed by atoms with Gasteiger partial charge in [-0.15, -0.1) is 22.7 Å². The monoisotopic (exact) mass is 372 g/mol. The largest absolute Gasteiger partial charge is 0.304 e. The molecule has 20 heavy (non-hydrogen) atoms. The second-order valence-corrected chi connectivity index (χ2v) is 8.90. The van der Waals surface area contributed by atoms with Crippen LogP contribution in [0.25, 0.3) is 0 Å². The van der Waals surface area contributed by atoms with Crippen LogP contribution in [0.2, 0.25) is 0 Å². The first-order valence-electron chi connectivity index (χ1n) is 6.72. The molecule has 110 valence electrons. The van der Waals surface area contributed by atoms with Crippen LogP contribution in [0.1, 0.15) is 54.2 Å². The lowest BCUT2D eigenvalue weighted by atomic mass is 9.98. The Balaban J connectivity index is 2.08. The van der Waals surface area contributed by atoms with E-state index in [1.54, 1.807) is 11.3 Å². The van der Waals surface area contributed by atoms with Crippen LogP contribution in [0, 0.1) is 6.92 Å². The van der Waals surface area contributed by atoms with E-state index in [1.807, 2.05) is 11.3 Å². The molecule has 2 aromatic rings. The summed E-state index contributed by atoms with van der Waals surface area (Å²) in [6.45, 7) is 11.9. The van der Waals surface area contributed by atoms with Gasteiger partial charge in [0.15, 0.2) is 0 Å². The zero-order valence-electron chi connectivity index (χ0n) is 12.6. The van der Waals surface area contributed by atoms with Gasteiger partial charge in [0.2, 0.25) is 0 Å². The number of aromatic nitrogens is 1. The summed E-state index contributed by atoms with van der Waals surface area (Å²) in [5, 5.41) is 6.93. The second-order valence-electron chi connectivity index (χ2n) is 6.01. The summed E-state index contributed by atoms with van der Waals surface area (Å²) in [5.41, 5.74) is 1.29. The molecule has 0 radical (unpaired) electrons. The Morgan fingerprint density at radius 3 is 2.60 bits per heavy atom. The number of nitrogens with zero attached hydrogens (tertiary/aromatic N) is 1. The van der Waals surface area contributed by atoms with Crippen molar-refractivity contribution in [3.8, 4) is 0 Å². The van der Waals surface area contributed by atoms with E-state index in [1.165, 1.54) is 19.2 Å². The average molecular weight is 373 g/mol. The van der Waals surface area contributed by atoms with E-state index in [2.05, 4.69) is 67.3 Å². The van der Waals surface area contributed by atoms with Crippen molar-refractivity contribution in [2.45, 2.75) is 52.6 Å². The maximum Gasteiger partial charge on any atom is 0.0985 e. The van der Waals surface area contributed by atoms with Crippen molar-refractivity contribution in [2.24, 2.45) is 0 Å². The molecular formula is C15H21BrN2S2. The molecule has 2 aromatic heterocycles. The Bertz CT molecular complexity index is 581. The first-order valence-corrected chi connectivity index (χ1v) is 9.21. The van der Waals surface area contributed by atoms with Crippen LogP contribution in [0.4, 0.5) is 0 Å². The van der Waals surface area contributed by atoms with Gasteiger partial charge in [0.1, 0.15) is 0 Å². The molecule has 0 aliphatic rings. The first kappa shape index (κ1) is 16.1. The maximum absolute atomic E-state index is 4.74. The molecule has 1 N–H and O–H groups in total. The molecule has 2 heterocycles. The molecule has 1 atom stereocenters. The zero-order chi connectivity index (χ0) is 14.9. The molecule has 0 aliphatic heterocycles. The molecule has 0 aromatic carbocycles. The number of halogens is 1. The van der Waals surface area contributed by atoms with Crippen molar-refractivity contribution in [3.05, 3.63) is 36.4 Å². The minimum atomic E-state index is 0.129. The van der Waals surface area contributed by atoms with Crippen LogP contribution in [0.3, 0.4) is 0 Å². The van der Waals surface area contributed by atoms with Gasteiger partial charge in [-0.25, -0.2) is 4.98 Å². The Morgan fingerprint density at radius 2 is 2.10 bits per heavy atom. The summed E-state index contributed by atoms with van der Waals surface area (Å²) in [7, 11) is 0. The Labute approximate surface area is 137 Å². The Kier molecular flexibility index (Phi) is 5.05. The fraction of sp³-hybridized carbons (Fsp3) is 0.533. The molecule has 1 unspecified atom stereocenters. The summed E-state index contributed by atoms with van der Waals surface area (Å²) in [6, 6.07) is 2.43. The standard InChI is InChI=1S/C15H21BrN2S2/c1-9(17-8-12-11(16)6-7-19-12)13-10(2)18-14(20-13)15(3,4)5/h6-7,9,17H,8H2,1-5H3. The van der Waals surface area contributed by atoms with E-state index in [-0.39, 0.29) is 5.41 Å². The van der Waals surface area contributed by atoms with Crippen molar-refractivity contribution in [2.75, 3.05) is 0 Å². The van der Waals surface area contributed by atoms with Gasteiger partial charge in [-0.3, -0.25) is 0 Å². The van der Waals surface area contributed by atoms with Crippen molar-refractivity contribution in [1.29, 1.82) is 0 Å². The van der Waals surface area contributed by atoms with Gasteiger partial charge in [0, 0.05) is 32.2 Å². The number of aryl methyl sites for hydroxylation is 1. The third kappa shape index (κ3) is 3.70. The lowest BCUT2D eigenvalue weighted by Crippen LogP contribution is -2.17. The number of nitrogens with one attached hydrogen (secondary N) is 1. The van der Waals surface area contributed by atoms with Crippen molar-refractivity contribution in [3.63, 3.8) is 0 Å². The summed E-state index contributed by atoms with van der Waals surface area (Å²) in [6.07, 6.45) is 0. The topological polar surface area (TPSA) is 24.9 Å². The van der Waals surface area contributed by atoms with Gasteiger partial charge in [-0.2, -0.15) is 0 Å². The molecule has 0 amide bonds. The van der Waals surface area contributed by atoms with E-state index in [0.717, 1.165) is 12.2 Å². The highest BCUT2D eigenvalue weighted by atomic mass is 79.9. The smallest absolute Gasteiger partial charge is 0.0985 e. The third-order valence-electron chi connectivity index (χ3n) is 3.13. The quantitative estimate of drug-likeness (QED) is 0.774. The van der Waals surface area contributed by atoms with Gasteiger partial charge in [-0.05, 0) is 41.2 Å². The Hall–Kier alpha value is -0.230. The minimum absolute atomic E-state index is 0.129. The van der Waals surface area contributed by atoms with Gasteiger partial charge in [0.05, 0.1) is 10.7 Å². The van der Waals surface area contributed by atoms with E-state index in [0.29, 0.717) is 6.04 Å². The first-order chi connectivity index (χ1) is 9.29. The predicted molar refractivity (Wildman–Crippen MR) is 92.8 cm³/mol. The highest BCUT2D eigenvalue weighted by Crippen LogP contribution is 2.33. The molecular weight excluding hydrogens is 352 g/mol. The van der Waals surface area contributed by atoms with Gasteiger partial charge >= 0.3 is 0 Å². The molecule has 5 heteroatoms. The number of thiophene rings is 1. The third-order valence-corrected chi connectivity index (χ3v) is 6.82. The maximum atomic E-state index is 4.74. The average Bonchev–Trinajstić information content (AvgIpc) is 2.92. The molecule has 2 rings (SSSR count). The van der Waals surface area contributed by atoms with Crippen LogP contribution >= 0.6 is 38.6 Å². The Morgan fingerprint density at radius 1 is 1.40 bits per heavy atom. The van der Waals surface area contributed by atoms with Crippen LogP contribution in [0.15, 0.2) is 15.9 Å². The normalized spacial score (nSPS) is 13.7. The number of hydrogen-bond donors (Lipinski definition) is 1. The minimum Gasteiger partial charge on any atom is -0.304 e. The van der Waals surface area contributed by atoms with Crippen LogP contribution in [-0.4, -0.2) is 4.98 Å². The SMILES string of the molecule is Cc1nc(C(C)(C)C)sc1C(C)NCc1sccc1Br. The highest BCUT2D eigenvalue weighted by Gasteiger charge is 2.22. The summed E-state index contributed by atoms with van der Waals surface area (Å²) < 4.78 is 1.19. The summed E-state index contributed by atoms with van der Waals surface area (Å²) >= 11 is 7.19. The van der Waals surface area contributed by atoms with Gasteiger partial charge < -0.3 is 5.32 Å². The van der Waals surface area contributed by atoms with E-state index in [4.69, 9.17) is 4.98 Å². The van der Waals surface area contributed by atoms with E-state index < -0.39 is 0 Å². The molecule has 0 aliphatic carbocycles. The fourth-order valence-corrected chi connectivity index (χ4v) is 4.51. The highest BCUT2D eigenvalue weighted by molar-refractivity contribution is 9.10. The summed E-state index contributed by atoms with van der Waals surface area (Å²) in [4.78, 5) is 7.43. The summed E-state index contributed by atoms with van der Waals surface area (Å²) in [5.74, 6) is 0. The lowest BCUT2D eigenvalue weighted by Gasteiger charge is -2.14. The van der Waals surface area contributed by atoms with Gasteiger partial charge in [0.25, 0.3) is 0 Å². The number of rotatable bonds is 4. The number of hydrogen-bond acceptors (Lipinski definition) is 4. The molecule has 0 spiro atoms. The van der Waals surface area contributed by atoms with E-state index >= 15 is 0 Å². The van der Waals surface area contributed by atoms with Crippen molar-refractivity contribution in [1.82, 2.24) is 10.3 Å². The number of thiazole rings is 1. The predicted octanol–water partition coefficient (Wildman–Crippen LogP) is 5.42. The molecule has 0 saturated heterocycles. The fourth-order valence-electron chi connectivity index (χ4n) is 1.92. The van der Waals surface area contributed by atoms with Crippen molar-refractivity contribution < 1.29 is 0 Å². The van der Waals surface area contributed by atoms with E-state index in [9.17, 15) is 0 Å². The van der Waals surface area contributed by atoms with Crippen LogP contribution < -0.4 is 5.32 Å². The molecule has 0 saturated carbocycles.